The Labute approximate surface area is 140 Å². The molecule has 116 valence electrons. The maximum absolute atomic E-state index is 12.3. The molecule has 0 bridgehead atoms. The van der Waals surface area contributed by atoms with E-state index in [1.54, 1.807) is 23.4 Å². The fraction of sp³-hybridized carbons (Fsp3) is 0.188. The van der Waals surface area contributed by atoms with Crippen molar-refractivity contribution in [1.29, 1.82) is 0 Å². The van der Waals surface area contributed by atoms with Gasteiger partial charge in [0.1, 0.15) is 4.70 Å². The fourth-order valence-electron chi connectivity index (χ4n) is 2.58. The molecule has 4 aromatic rings. The summed E-state index contributed by atoms with van der Waals surface area (Å²) in [5.41, 5.74) is 3.40. The van der Waals surface area contributed by atoms with E-state index in [9.17, 15) is 4.79 Å². The number of hydrogen-bond donors (Lipinski definition) is 0. The van der Waals surface area contributed by atoms with Gasteiger partial charge in [0.2, 0.25) is 5.78 Å². The van der Waals surface area contributed by atoms with E-state index >= 15 is 0 Å². The van der Waals surface area contributed by atoms with Crippen molar-refractivity contribution in [2.75, 3.05) is 0 Å². The quantitative estimate of drug-likeness (QED) is 0.536. The molecule has 0 N–H and O–H groups in total. The average Bonchev–Trinajstić information content (AvgIpc) is 3.18. The van der Waals surface area contributed by atoms with E-state index in [2.05, 4.69) is 29.3 Å². The first-order chi connectivity index (χ1) is 11.2. The first-order valence-electron chi connectivity index (χ1n) is 7.15. The van der Waals surface area contributed by atoms with Gasteiger partial charge in [0.25, 0.3) is 5.56 Å². The molecule has 0 aliphatic heterocycles. The van der Waals surface area contributed by atoms with Gasteiger partial charge >= 0.3 is 0 Å². The highest BCUT2D eigenvalue weighted by atomic mass is 32.2. The van der Waals surface area contributed by atoms with Crippen LogP contribution in [0.25, 0.3) is 16.0 Å². The second-order valence-electron chi connectivity index (χ2n) is 5.33. The molecule has 0 fully saturated rings. The van der Waals surface area contributed by atoms with Crippen LogP contribution in [0.5, 0.6) is 0 Å². The van der Waals surface area contributed by atoms with Crippen molar-refractivity contribution in [2.24, 2.45) is 7.05 Å². The van der Waals surface area contributed by atoms with Crippen molar-refractivity contribution in [3.63, 3.8) is 0 Å². The second-order valence-corrected chi connectivity index (χ2v) is 7.19. The summed E-state index contributed by atoms with van der Waals surface area (Å²) in [6.07, 6.45) is 0. The van der Waals surface area contributed by atoms with E-state index in [-0.39, 0.29) is 5.56 Å². The third kappa shape index (κ3) is 2.27. The number of thioether (sulfide) groups is 1. The molecule has 0 amide bonds. The van der Waals surface area contributed by atoms with Crippen LogP contribution in [0.2, 0.25) is 0 Å². The summed E-state index contributed by atoms with van der Waals surface area (Å²) < 4.78 is 4.26. The van der Waals surface area contributed by atoms with Gasteiger partial charge < -0.3 is 0 Å². The molecular formula is C16H14N4OS2. The zero-order valence-corrected chi connectivity index (χ0v) is 14.3. The van der Waals surface area contributed by atoms with E-state index in [0.29, 0.717) is 5.78 Å². The van der Waals surface area contributed by atoms with Crippen LogP contribution >= 0.6 is 23.1 Å². The predicted molar refractivity (Wildman–Crippen MR) is 94.4 cm³/mol. The van der Waals surface area contributed by atoms with Gasteiger partial charge in [0, 0.05) is 12.8 Å². The summed E-state index contributed by atoms with van der Waals surface area (Å²) in [6.45, 7) is 2.11. The van der Waals surface area contributed by atoms with Crippen LogP contribution in [0.15, 0.2) is 45.7 Å². The van der Waals surface area contributed by atoms with Crippen molar-refractivity contribution in [1.82, 2.24) is 19.2 Å². The van der Waals surface area contributed by atoms with Gasteiger partial charge in [-0.1, -0.05) is 36.0 Å². The average molecular weight is 342 g/mol. The van der Waals surface area contributed by atoms with E-state index in [0.717, 1.165) is 21.1 Å². The van der Waals surface area contributed by atoms with E-state index in [4.69, 9.17) is 0 Å². The molecule has 0 spiro atoms. The van der Waals surface area contributed by atoms with Crippen LogP contribution in [-0.4, -0.2) is 19.2 Å². The topological polar surface area (TPSA) is 52.2 Å². The lowest BCUT2D eigenvalue weighted by Crippen LogP contribution is -2.18. The van der Waals surface area contributed by atoms with Crippen molar-refractivity contribution in [3.8, 4) is 0 Å². The molecule has 0 aliphatic carbocycles. The first kappa shape index (κ1) is 14.5. The summed E-state index contributed by atoms with van der Waals surface area (Å²) in [7, 11) is 1.74. The largest absolute Gasteiger partial charge is 0.279 e. The number of fused-ring (bicyclic) bond motifs is 3. The SMILES string of the molecule is Cc1ccccc1CSc1nnc2n(C)c(=O)c3sccc3n12. The van der Waals surface area contributed by atoms with Crippen molar-refractivity contribution < 1.29 is 0 Å². The van der Waals surface area contributed by atoms with Crippen LogP contribution in [-0.2, 0) is 12.8 Å². The van der Waals surface area contributed by atoms with E-state index < -0.39 is 0 Å². The van der Waals surface area contributed by atoms with Gasteiger partial charge in [-0.15, -0.1) is 21.5 Å². The third-order valence-electron chi connectivity index (χ3n) is 3.92. The van der Waals surface area contributed by atoms with Crippen LogP contribution in [0, 0.1) is 6.92 Å². The Hall–Kier alpha value is -2.12. The minimum absolute atomic E-state index is 0.0228. The number of aromatic nitrogens is 4. The molecule has 23 heavy (non-hydrogen) atoms. The lowest BCUT2D eigenvalue weighted by molar-refractivity contribution is 0.856. The number of thiophene rings is 1. The molecule has 1 aromatic carbocycles. The molecule has 0 radical (unpaired) electrons. The van der Waals surface area contributed by atoms with Crippen LogP contribution < -0.4 is 5.56 Å². The van der Waals surface area contributed by atoms with Gasteiger partial charge in [-0.05, 0) is 29.5 Å². The summed E-state index contributed by atoms with van der Waals surface area (Å²) in [5.74, 6) is 1.40. The minimum atomic E-state index is -0.0228. The summed E-state index contributed by atoms with van der Waals surface area (Å²) >= 11 is 3.09. The van der Waals surface area contributed by atoms with Gasteiger partial charge in [-0.3, -0.25) is 13.8 Å². The Morgan fingerprint density at radius 1 is 1.22 bits per heavy atom. The number of nitrogens with zero attached hydrogens (tertiary/aromatic N) is 4. The highest BCUT2D eigenvalue weighted by Crippen LogP contribution is 2.26. The van der Waals surface area contributed by atoms with Crippen molar-refractivity contribution in [3.05, 3.63) is 57.2 Å². The molecule has 7 heteroatoms. The van der Waals surface area contributed by atoms with Gasteiger partial charge in [-0.2, -0.15) is 0 Å². The van der Waals surface area contributed by atoms with Crippen molar-refractivity contribution >= 4 is 39.1 Å². The zero-order valence-electron chi connectivity index (χ0n) is 12.7. The van der Waals surface area contributed by atoms with E-state index in [1.165, 1.54) is 22.5 Å². The Morgan fingerprint density at radius 3 is 2.87 bits per heavy atom. The Kier molecular flexibility index (Phi) is 3.46. The fourth-order valence-corrected chi connectivity index (χ4v) is 4.45. The molecule has 3 aromatic heterocycles. The Balaban J connectivity index is 1.82. The lowest BCUT2D eigenvalue weighted by atomic mass is 10.1. The molecule has 3 heterocycles. The minimum Gasteiger partial charge on any atom is -0.279 e. The maximum atomic E-state index is 12.3. The van der Waals surface area contributed by atoms with Gasteiger partial charge in [-0.25, -0.2) is 0 Å². The standard InChI is InChI=1S/C16H14N4OS2/c1-10-5-3-4-6-11(10)9-23-16-18-17-15-19(2)14(21)13-12(20(15)16)7-8-22-13/h3-8H,9H2,1-2H3. The molecule has 0 atom stereocenters. The summed E-state index contributed by atoms with van der Waals surface area (Å²) in [5, 5.41) is 11.2. The predicted octanol–water partition coefficient (Wildman–Crippen LogP) is 3.24. The Morgan fingerprint density at radius 2 is 2.04 bits per heavy atom. The number of hydrogen-bond acceptors (Lipinski definition) is 5. The summed E-state index contributed by atoms with van der Waals surface area (Å²) in [4.78, 5) is 12.3. The smallest absolute Gasteiger partial charge is 0.272 e. The van der Waals surface area contributed by atoms with Gasteiger partial charge in [0.15, 0.2) is 5.16 Å². The second kappa shape index (κ2) is 5.50. The number of aryl methyl sites for hydroxylation is 2. The van der Waals surface area contributed by atoms with E-state index in [1.807, 2.05) is 28.0 Å². The monoisotopic (exact) mass is 342 g/mol. The highest BCUT2D eigenvalue weighted by molar-refractivity contribution is 7.98. The number of rotatable bonds is 3. The third-order valence-corrected chi connectivity index (χ3v) is 5.79. The molecule has 4 rings (SSSR count). The molecule has 0 unspecified atom stereocenters. The molecule has 0 saturated heterocycles. The maximum Gasteiger partial charge on any atom is 0.272 e. The first-order valence-corrected chi connectivity index (χ1v) is 9.02. The molecule has 0 aliphatic rings. The van der Waals surface area contributed by atoms with Crippen LogP contribution in [0.4, 0.5) is 0 Å². The van der Waals surface area contributed by atoms with Crippen LogP contribution in [0.3, 0.4) is 0 Å². The van der Waals surface area contributed by atoms with Crippen LogP contribution in [0.1, 0.15) is 11.1 Å². The molecule has 0 saturated carbocycles. The van der Waals surface area contributed by atoms with Gasteiger partial charge in [0.05, 0.1) is 5.52 Å². The zero-order chi connectivity index (χ0) is 16.0. The summed E-state index contributed by atoms with van der Waals surface area (Å²) in [6, 6.07) is 10.3. The lowest BCUT2D eigenvalue weighted by Gasteiger charge is -2.06. The van der Waals surface area contributed by atoms with Crippen molar-refractivity contribution in [2.45, 2.75) is 17.8 Å². The molecule has 5 nitrogen and oxygen atoms in total. The molecular weight excluding hydrogens is 328 g/mol. The Bertz CT molecular complexity index is 1080. The number of benzene rings is 1. The normalized spacial score (nSPS) is 11.6. The highest BCUT2D eigenvalue weighted by Gasteiger charge is 2.16.